The first kappa shape index (κ1) is 26.9. The number of hydrogen-bond donors (Lipinski definition) is 0. The third-order valence-electron chi connectivity index (χ3n) is 6.44. The van der Waals surface area contributed by atoms with E-state index in [0.717, 1.165) is 11.9 Å². The molecule has 2 rings (SSSR count). The molecule has 5 nitrogen and oxygen atoms in total. The molecule has 180 valence electrons. The fraction of sp³-hybridized carbons (Fsp3) is 0.720. The van der Waals surface area contributed by atoms with E-state index in [1.54, 1.807) is 0 Å². The van der Waals surface area contributed by atoms with Gasteiger partial charge in [-0.3, -0.25) is 4.79 Å². The first-order valence-corrected chi connectivity index (χ1v) is 15.5. The number of esters is 1. The van der Waals surface area contributed by atoms with Gasteiger partial charge < -0.3 is 18.8 Å². The molecule has 0 N–H and O–H groups in total. The number of carbonyl (C=O) groups excluding carboxylic acids is 1. The third-order valence-corrected chi connectivity index (χ3v) is 8.23. The van der Waals surface area contributed by atoms with Crippen molar-refractivity contribution in [2.45, 2.75) is 91.8 Å². The van der Waals surface area contributed by atoms with Gasteiger partial charge in [0.25, 0.3) is 0 Å². The van der Waals surface area contributed by atoms with Crippen LogP contribution >= 0.6 is 0 Å². The second-order valence-electron chi connectivity index (χ2n) is 12.1. The number of rotatable bonds is 10. The average molecular weight is 463 g/mol. The summed E-state index contributed by atoms with van der Waals surface area (Å²) in [5.41, 5.74) is -0.516. The number of ether oxygens (including phenoxy) is 2. The molecule has 1 fully saturated rings. The summed E-state index contributed by atoms with van der Waals surface area (Å²) in [4.78, 5) is 12.6. The van der Waals surface area contributed by atoms with Crippen molar-refractivity contribution in [3.05, 3.63) is 24.3 Å². The molecule has 0 bridgehead atoms. The van der Waals surface area contributed by atoms with Gasteiger partial charge in [-0.1, -0.05) is 44.7 Å². The Hall–Kier alpha value is -1.31. The predicted molar refractivity (Wildman–Crippen MR) is 134 cm³/mol. The normalized spacial score (nSPS) is 19.0. The van der Waals surface area contributed by atoms with Gasteiger partial charge in [-0.2, -0.15) is 0 Å². The van der Waals surface area contributed by atoms with Crippen molar-refractivity contribution in [3.63, 3.8) is 0 Å². The Morgan fingerprint density at radius 2 is 1.59 bits per heavy atom. The van der Waals surface area contributed by atoms with E-state index >= 15 is 0 Å². The van der Waals surface area contributed by atoms with Gasteiger partial charge in [0.2, 0.25) is 0 Å². The fourth-order valence-corrected chi connectivity index (χ4v) is 4.56. The number of hydrogen-bond acceptors (Lipinski definition) is 5. The first-order valence-electron chi connectivity index (χ1n) is 11.8. The Balaban J connectivity index is 1.84. The summed E-state index contributed by atoms with van der Waals surface area (Å²) in [6.07, 6.45) is 1.11. The van der Waals surface area contributed by atoms with E-state index in [4.69, 9.17) is 18.8 Å². The molecule has 1 aliphatic rings. The van der Waals surface area contributed by atoms with Crippen molar-refractivity contribution in [2.75, 3.05) is 13.2 Å². The Morgan fingerprint density at radius 1 is 1.06 bits per heavy atom. The van der Waals surface area contributed by atoms with Crippen LogP contribution in [0, 0.1) is 11.3 Å². The molecule has 0 amide bonds. The lowest BCUT2D eigenvalue weighted by Crippen LogP contribution is -2.41. The maximum Gasteiger partial charge on any atom is 0.494 e. The quantitative estimate of drug-likeness (QED) is 0.349. The molecule has 0 aliphatic carbocycles. The minimum atomic E-state index is -1.07. The zero-order valence-corrected chi connectivity index (χ0v) is 22.8. The molecule has 7 heteroatoms. The van der Waals surface area contributed by atoms with Crippen molar-refractivity contribution < 1.29 is 23.6 Å². The lowest BCUT2D eigenvalue weighted by Gasteiger charge is -2.32. The van der Waals surface area contributed by atoms with Gasteiger partial charge in [-0.05, 0) is 71.5 Å². The molecule has 1 aliphatic heterocycles. The van der Waals surface area contributed by atoms with Crippen molar-refractivity contribution in [2.24, 2.45) is 11.3 Å². The second kappa shape index (κ2) is 9.90. The molecule has 1 saturated heterocycles. The summed E-state index contributed by atoms with van der Waals surface area (Å²) in [5.74, 6) is 0.866. The topological polar surface area (TPSA) is 54.0 Å². The largest absolute Gasteiger partial charge is 0.494 e. The van der Waals surface area contributed by atoms with E-state index in [0.29, 0.717) is 18.3 Å². The Kier molecular flexibility index (Phi) is 8.33. The van der Waals surface area contributed by atoms with E-state index < -0.39 is 20.6 Å². The SMILES string of the molecule is CC(CC[Si](C)(C)C)COC(=O)C(C)(C)COc1ccc(B2OC(C)(C)C(C)(C)O2)cc1. The van der Waals surface area contributed by atoms with Gasteiger partial charge in [0, 0.05) is 8.07 Å². The van der Waals surface area contributed by atoms with Crippen LogP contribution in [0.1, 0.15) is 54.9 Å². The summed E-state index contributed by atoms with van der Waals surface area (Å²) in [7, 11) is -1.47. The molecule has 0 aromatic heterocycles. The predicted octanol–water partition coefficient (Wildman–Crippen LogP) is 5.30. The Bertz CT molecular complexity index is 752. The number of benzene rings is 1. The minimum absolute atomic E-state index is 0.216. The van der Waals surface area contributed by atoms with Crippen LogP contribution in [0.15, 0.2) is 24.3 Å². The van der Waals surface area contributed by atoms with E-state index in [2.05, 4.69) is 26.6 Å². The van der Waals surface area contributed by atoms with E-state index in [1.807, 2.05) is 65.8 Å². The van der Waals surface area contributed by atoms with Crippen LogP contribution in [0.5, 0.6) is 5.75 Å². The van der Waals surface area contributed by atoms with Crippen LogP contribution < -0.4 is 10.2 Å². The van der Waals surface area contributed by atoms with Crippen LogP contribution in [0.3, 0.4) is 0 Å². The average Bonchev–Trinajstić information content (AvgIpc) is 2.90. The molecule has 0 spiro atoms. The van der Waals surface area contributed by atoms with Gasteiger partial charge >= 0.3 is 13.1 Å². The van der Waals surface area contributed by atoms with Crippen molar-refractivity contribution in [3.8, 4) is 5.75 Å². The van der Waals surface area contributed by atoms with Gasteiger partial charge in [0.1, 0.15) is 12.4 Å². The van der Waals surface area contributed by atoms with Crippen molar-refractivity contribution >= 4 is 26.6 Å². The minimum Gasteiger partial charge on any atom is -0.492 e. The molecule has 1 unspecified atom stereocenters. The highest BCUT2D eigenvalue weighted by Crippen LogP contribution is 2.36. The van der Waals surface area contributed by atoms with Crippen LogP contribution in [-0.2, 0) is 18.8 Å². The zero-order chi connectivity index (χ0) is 24.4. The van der Waals surface area contributed by atoms with E-state index in [1.165, 1.54) is 6.04 Å². The second-order valence-corrected chi connectivity index (χ2v) is 17.8. The molecule has 32 heavy (non-hydrogen) atoms. The Labute approximate surface area is 196 Å². The van der Waals surface area contributed by atoms with E-state index in [9.17, 15) is 4.79 Å². The standard InChI is InChI=1S/C25H43BO5Si/c1-19(15-16-32(8,9)10)17-28-22(27)23(2,3)18-29-21-13-11-20(12-14-21)26-30-24(4,5)25(6,7)31-26/h11-14,19H,15-18H2,1-10H3. The monoisotopic (exact) mass is 462 g/mol. The van der Waals surface area contributed by atoms with Crippen LogP contribution in [-0.4, -0.2) is 45.6 Å². The first-order chi connectivity index (χ1) is 14.5. The molecular formula is C25H43BO5Si. The molecule has 0 radical (unpaired) electrons. The molecular weight excluding hydrogens is 419 g/mol. The number of carbonyl (C=O) groups is 1. The molecule has 1 aromatic rings. The Morgan fingerprint density at radius 3 is 2.09 bits per heavy atom. The molecule has 1 atom stereocenters. The van der Waals surface area contributed by atoms with Gasteiger partial charge in [0.15, 0.2) is 0 Å². The fourth-order valence-electron chi connectivity index (χ4n) is 3.20. The molecule has 1 aromatic carbocycles. The third kappa shape index (κ3) is 7.36. The lowest BCUT2D eigenvalue weighted by molar-refractivity contribution is -0.156. The smallest absolute Gasteiger partial charge is 0.492 e. The molecule has 0 saturated carbocycles. The lowest BCUT2D eigenvalue weighted by atomic mass is 9.79. The van der Waals surface area contributed by atoms with Crippen molar-refractivity contribution in [1.82, 2.24) is 0 Å². The van der Waals surface area contributed by atoms with Crippen LogP contribution in [0.25, 0.3) is 0 Å². The highest BCUT2D eigenvalue weighted by Gasteiger charge is 2.51. The summed E-state index contributed by atoms with van der Waals surface area (Å²) < 4.78 is 23.7. The van der Waals surface area contributed by atoms with Crippen LogP contribution in [0.4, 0.5) is 0 Å². The summed E-state index contributed by atoms with van der Waals surface area (Å²) in [5, 5.41) is 0. The van der Waals surface area contributed by atoms with Gasteiger partial charge in [-0.15, -0.1) is 0 Å². The van der Waals surface area contributed by atoms with Gasteiger partial charge in [0.05, 0.1) is 23.2 Å². The van der Waals surface area contributed by atoms with Crippen molar-refractivity contribution in [1.29, 1.82) is 0 Å². The summed E-state index contributed by atoms with van der Waals surface area (Å²) in [6, 6.07) is 8.92. The molecule has 1 heterocycles. The maximum absolute atomic E-state index is 12.6. The zero-order valence-electron chi connectivity index (χ0n) is 21.8. The van der Waals surface area contributed by atoms with Crippen LogP contribution in [0.2, 0.25) is 25.7 Å². The summed E-state index contributed by atoms with van der Waals surface area (Å²) >= 11 is 0. The summed E-state index contributed by atoms with van der Waals surface area (Å²) in [6.45, 7) is 21.9. The maximum atomic E-state index is 12.6. The van der Waals surface area contributed by atoms with Gasteiger partial charge in [-0.25, -0.2) is 0 Å². The van der Waals surface area contributed by atoms with E-state index in [-0.39, 0.29) is 23.8 Å². The highest BCUT2D eigenvalue weighted by molar-refractivity contribution is 6.76. The highest BCUT2D eigenvalue weighted by atomic mass is 28.3.